The lowest BCUT2D eigenvalue weighted by Gasteiger charge is -2.22. The van der Waals surface area contributed by atoms with Gasteiger partial charge in [-0.05, 0) is 18.2 Å². The minimum Gasteiger partial charge on any atom is -0.372 e. The van der Waals surface area contributed by atoms with E-state index in [0.717, 1.165) is 12.1 Å². The van der Waals surface area contributed by atoms with E-state index in [1.54, 1.807) is 30.3 Å². The fourth-order valence-corrected chi connectivity index (χ4v) is 2.98. The molecule has 2 aromatic carbocycles. The van der Waals surface area contributed by atoms with Crippen LogP contribution in [-0.4, -0.2) is 29.1 Å². The minimum absolute atomic E-state index is 0.0567. The zero-order valence-electron chi connectivity index (χ0n) is 13.5. The molecule has 136 valence electrons. The van der Waals surface area contributed by atoms with Crippen LogP contribution in [0, 0.1) is 11.6 Å². The van der Waals surface area contributed by atoms with E-state index in [-0.39, 0.29) is 25.1 Å². The molecule has 1 unspecified atom stereocenters. The van der Waals surface area contributed by atoms with Gasteiger partial charge >= 0.3 is 0 Å². The summed E-state index contributed by atoms with van der Waals surface area (Å²) in [5.74, 6) is -3.61. The predicted molar refractivity (Wildman–Crippen MR) is 91.6 cm³/mol. The van der Waals surface area contributed by atoms with Gasteiger partial charge in [0.05, 0.1) is 0 Å². The van der Waals surface area contributed by atoms with E-state index in [1.807, 2.05) is 0 Å². The number of nitrogens with zero attached hydrogens (tertiary/aromatic N) is 1. The van der Waals surface area contributed by atoms with Gasteiger partial charge in [0.25, 0.3) is 11.8 Å². The third-order valence-electron chi connectivity index (χ3n) is 4.29. The summed E-state index contributed by atoms with van der Waals surface area (Å²) < 4.78 is 27.1. The standard InChI is InChI=1S/C18H15ClF2N2O3/c19-14-13(20)7-6-11(15(14)21)10-22-16(24)18(26)8-9-23(17(18)25)12-4-2-1-3-5-12/h1-7,26H,8-10H2,(H,22,24). The highest BCUT2D eigenvalue weighted by Crippen LogP contribution is 2.29. The number of benzene rings is 2. The van der Waals surface area contributed by atoms with E-state index in [4.69, 9.17) is 11.6 Å². The van der Waals surface area contributed by atoms with Crippen molar-refractivity contribution in [2.24, 2.45) is 0 Å². The molecule has 0 radical (unpaired) electrons. The predicted octanol–water partition coefficient (Wildman–Crippen LogP) is 2.40. The third-order valence-corrected chi connectivity index (χ3v) is 4.64. The fourth-order valence-electron chi connectivity index (χ4n) is 2.79. The molecule has 3 rings (SSSR count). The highest BCUT2D eigenvalue weighted by atomic mass is 35.5. The van der Waals surface area contributed by atoms with Gasteiger partial charge in [0.2, 0.25) is 5.60 Å². The summed E-state index contributed by atoms with van der Waals surface area (Å²) in [5.41, 5.74) is -1.73. The van der Waals surface area contributed by atoms with Crippen LogP contribution in [0.4, 0.5) is 14.5 Å². The second-order valence-corrected chi connectivity index (χ2v) is 6.30. The molecule has 1 heterocycles. The lowest BCUT2D eigenvalue weighted by molar-refractivity contribution is -0.149. The van der Waals surface area contributed by atoms with Crippen LogP contribution in [0.1, 0.15) is 12.0 Å². The molecule has 0 spiro atoms. The number of carbonyl (C=O) groups excluding carboxylic acids is 2. The average molecular weight is 381 g/mol. The number of carbonyl (C=O) groups is 2. The number of para-hydroxylation sites is 1. The number of nitrogens with one attached hydrogen (secondary N) is 1. The summed E-state index contributed by atoms with van der Waals surface area (Å²) in [6, 6.07) is 10.7. The number of hydrogen-bond acceptors (Lipinski definition) is 3. The van der Waals surface area contributed by atoms with Crippen molar-refractivity contribution in [3.63, 3.8) is 0 Å². The Morgan fingerprint density at radius 2 is 1.92 bits per heavy atom. The first-order valence-electron chi connectivity index (χ1n) is 7.84. The molecule has 1 saturated heterocycles. The molecular formula is C18H15ClF2N2O3. The van der Waals surface area contributed by atoms with Crippen LogP contribution in [0.5, 0.6) is 0 Å². The third kappa shape index (κ3) is 3.15. The summed E-state index contributed by atoms with van der Waals surface area (Å²) in [6.45, 7) is -0.172. The largest absolute Gasteiger partial charge is 0.372 e. The molecule has 26 heavy (non-hydrogen) atoms. The van der Waals surface area contributed by atoms with Crippen molar-refractivity contribution in [3.8, 4) is 0 Å². The highest BCUT2D eigenvalue weighted by Gasteiger charge is 2.51. The molecule has 2 amide bonds. The van der Waals surface area contributed by atoms with E-state index in [2.05, 4.69) is 5.32 Å². The normalized spacial score (nSPS) is 19.7. The van der Waals surface area contributed by atoms with E-state index in [1.165, 1.54) is 4.90 Å². The van der Waals surface area contributed by atoms with Gasteiger partial charge in [-0.2, -0.15) is 0 Å². The minimum atomic E-state index is -2.24. The molecule has 1 aliphatic rings. The van der Waals surface area contributed by atoms with Crippen molar-refractivity contribution < 1.29 is 23.5 Å². The molecule has 0 aliphatic carbocycles. The fraction of sp³-hybridized carbons (Fsp3) is 0.222. The first kappa shape index (κ1) is 18.3. The number of amides is 2. The van der Waals surface area contributed by atoms with Crippen LogP contribution in [0.3, 0.4) is 0 Å². The van der Waals surface area contributed by atoms with Crippen LogP contribution in [0.15, 0.2) is 42.5 Å². The van der Waals surface area contributed by atoms with Gasteiger partial charge in [-0.3, -0.25) is 9.59 Å². The van der Waals surface area contributed by atoms with Crippen molar-refractivity contribution in [1.82, 2.24) is 5.32 Å². The quantitative estimate of drug-likeness (QED) is 0.632. The molecule has 1 aliphatic heterocycles. The average Bonchev–Trinajstić information content (AvgIpc) is 2.96. The second-order valence-electron chi connectivity index (χ2n) is 5.92. The van der Waals surface area contributed by atoms with Crippen LogP contribution in [0.25, 0.3) is 0 Å². The van der Waals surface area contributed by atoms with Gasteiger partial charge in [0, 0.05) is 30.8 Å². The Morgan fingerprint density at radius 3 is 2.62 bits per heavy atom. The topological polar surface area (TPSA) is 69.6 Å². The molecule has 0 bridgehead atoms. The first-order chi connectivity index (χ1) is 12.3. The smallest absolute Gasteiger partial charge is 0.268 e. The van der Waals surface area contributed by atoms with Crippen molar-refractivity contribution in [1.29, 1.82) is 0 Å². The van der Waals surface area contributed by atoms with E-state index in [9.17, 15) is 23.5 Å². The van der Waals surface area contributed by atoms with Gasteiger partial charge in [-0.1, -0.05) is 35.9 Å². The molecule has 0 saturated carbocycles. The molecule has 0 aromatic heterocycles. The van der Waals surface area contributed by atoms with E-state index >= 15 is 0 Å². The Morgan fingerprint density at radius 1 is 1.23 bits per heavy atom. The van der Waals surface area contributed by atoms with Gasteiger partial charge in [0.15, 0.2) is 0 Å². The Balaban J connectivity index is 1.72. The number of anilines is 1. The summed E-state index contributed by atoms with van der Waals surface area (Å²) in [7, 11) is 0. The number of halogens is 3. The van der Waals surface area contributed by atoms with Crippen molar-refractivity contribution >= 4 is 29.1 Å². The molecule has 8 heteroatoms. The van der Waals surface area contributed by atoms with E-state index in [0.29, 0.717) is 5.69 Å². The van der Waals surface area contributed by atoms with Crippen LogP contribution >= 0.6 is 11.6 Å². The maximum atomic E-state index is 13.9. The Kier molecular flexibility index (Phi) is 4.93. The summed E-state index contributed by atoms with van der Waals surface area (Å²) >= 11 is 5.49. The maximum Gasteiger partial charge on any atom is 0.268 e. The zero-order chi connectivity index (χ0) is 18.9. The van der Waals surface area contributed by atoms with Crippen molar-refractivity contribution in [3.05, 3.63) is 64.7 Å². The molecular weight excluding hydrogens is 366 g/mol. The summed E-state index contributed by atoms with van der Waals surface area (Å²) in [6.07, 6.45) is -0.0980. The van der Waals surface area contributed by atoms with Crippen LogP contribution < -0.4 is 10.2 Å². The van der Waals surface area contributed by atoms with Gasteiger partial charge in [-0.15, -0.1) is 0 Å². The summed E-state index contributed by atoms with van der Waals surface area (Å²) in [4.78, 5) is 26.2. The SMILES string of the molecule is O=C(NCc1ccc(F)c(Cl)c1F)C1(O)CCN(c2ccccc2)C1=O. The van der Waals surface area contributed by atoms with Gasteiger partial charge < -0.3 is 15.3 Å². The molecule has 2 N–H and O–H groups in total. The molecule has 5 nitrogen and oxygen atoms in total. The Labute approximate surface area is 153 Å². The van der Waals surface area contributed by atoms with Crippen LogP contribution in [-0.2, 0) is 16.1 Å². The number of hydrogen-bond donors (Lipinski definition) is 2. The van der Waals surface area contributed by atoms with Crippen molar-refractivity contribution in [2.45, 2.75) is 18.6 Å². The maximum absolute atomic E-state index is 13.9. The monoisotopic (exact) mass is 380 g/mol. The Bertz CT molecular complexity index is 863. The van der Waals surface area contributed by atoms with Gasteiger partial charge in [-0.25, -0.2) is 8.78 Å². The molecule has 1 atom stereocenters. The zero-order valence-corrected chi connectivity index (χ0v) is 14.3. The lowest BCUT2D eigenvalue weighted by Crippen LogP contribution is -2.52. The Hall–Kier alpha value is -2.51. The first-order valence-corrected chi connectivity index (χ1v) is 8.22. The molecule has 2 aromatic rings. The lowest BCUT2D eigenvalue weighted by atomic mass is 10.0. The second kappa shape index (κ2) is 7.01. The van der Waals surface area contributed by atoms with E-state index < -0.39 is 34.1 Å². The summed E-state index contributed by atoms with van der Waals surface area (Å²) in [5, 5.41) is 12.2. The highest BCUT2D eigenvalue weighted by molar-refractivity contribution is 6.31. The van der Waals surface area contributed by atoms with Crippen molar-refractivity contribution in [2.75, 3.05) is 11.4 Å². The number of aliphatic hydroxyl groups is 1. The van der Waals surface area contributed by atoms with Crippen LogP contribution in [0.2, 0.25) is 5.02 Å². The number of rotatable bonds is 4. The molecule has 1 fully saturated rings. The van der Waals surface area contributed by atoms with Gasteiger partial charge in [0.1, 0.15) is 16.7 Å².